The number of unbranched alkanes of at least 4 members (excludes halogenated alkanes) is 1. The average Bonchev–Trinajstić information content (AvgIpc) is 2.64. The van der Waals surface area contributed by atoms with E-state index in [2.05, 4.69) is 39.4 Å². The highest BCUT2D eigenvalue weighted by molar-refractivity contribution is 14.0. The molecule has 0 radical (unpaired) electrons. The summed E-state index contributed by atoms with van der Waals surface area (Å²) in [6.45, 7) is 10.3. The van der Waals surface area contributed by atoms with Crippen molar-refractivity contribution in [3.63, 3.8) is 0 Å². The van der Waals surface area contributed by atoms with Gasteiger partial charge in [-0.3, -0.25) is 4.99 Å². The van der Waals surface area contributed by atoms with Crippen LogP contribution in [-0.2, 0) is 6.42 Å². The van der Waals surface area contributed by atoms with Gasteiger partial charge in [0.25, 0.3) is 0 Å². The van der Waals surface area contributed by atoms with Gasteiger partial charge >= 0.3 is 0 Å². The zero-order valence-corrected chi connectivity index (χ0v) is 19.0. The molecular weight excluding hydrogens is 456 g/mol. The number of hydrogen-bond acceptors (Lipinski definition) is 3. The predicted molar refractivity (Wildman–Crippen MR) is 123 cm³/mol. The zero-order chi connectivity index (χ0) is 18.6. The van der Waals surface area contributed by atoms with Gasteiger partial charge in [-0.2, -0.15) is 0 Å². The molecule has 0 unspecified atom stereocenters. The van der Waals surface area contributed by atoms with Crippen LogP contribution in [-0.4, -0.2) is 75.2 Å². The summed E-state index contributed by atoms with van der Waals surface area (Å²) in [5, 5.41) is 6.56. The highest BCUT2D eigenvalue weighted by Crippen LogP contribution is 2.06. The number of halogens is 2. The molecule has 0 bridgehead atoms. The maximum atomic E-state index is 13.6. The fraction of sp³-hybridized carbons (Fsp3) is 0.650. The monoisotopic (exact) mass is 491 g/mol. The highest BCUT2D eigenvalue weighted by Gasteiger charge is 2.12. The lowest BCUT2D eigenvalue weighted by Gasteiger charge is -2.32. The van der Waals surface area contributed by atoms with Gasteiger partial charge in [0.2, 0.25) is 0 Å². The summed E-state index contributed by atoms with van der Waals surface area (Å²) in [7, 11) is 2.19. The molecule has 7 heteroatoms. The summed E-state index contributed by atoms with van der Waals surface area (Å²) in [6.07, 6.45) is 2.93. The van der Waals surface area contributed by atoms with Crippen LogP contribution in [0.3, 0.4) is 0 Å². The molecule has 2 N–H and O–H groups in total. The van der Waals surface area contributed by atoms with Gasteiger partial charge in [0.05, 0.1) is 0 Å². The summed E-state index contributed by atoms with van der Waals surface area (Å²) < 4.78 is 13.6. The van der Waals surface area contributed by atoms with Crippen molar-refractivity contribution in [2.75, 3.05) is 59.4 Å². The van der Waals surface area contributed by atoms with E-state index in [9.17, 15) is 4.39 Å². The number of nitrogens with one attached hydrogen (secondary N) is 2. The molecule has 1 aromatic carbocycles. The Morgan fingerprint density at radius 2 is 1.85 bits per heavy atom. The minimum absolute atomic E-state index is 0. The molecule has 0 atom stereocenters. The van der Waals surface area contributed by atoms with Gasteiger partial charge in [-0.05, 0) is 51.4 Å². The third-order valence-electron chi connectivity index (χ3n) is 4.74. The lowest BCUT2D eigenvalue weighted by Crippen LogP contribution is -2.44. The second kappa shape index (κ2) is 14.1. The summed E-state index contributed by atoms with van der Waals surface area (Å²) in [5.74, 6) is 0.684. The maximum Gasteiger partial charge on any atom is 0.191 e. The minimum atomic E-state index is -0.139. The van der Waals surface area contributed by atoms with Gasteiger partial charge in [0.1, 0.15) is 5.82 Å². The first-order valence-corrected chi connectivity index (χ1v) is 9.85. The molecule has 0 spiro atoms. The SMILES string of the molecule is CCNC(=NCCCCN1CCN(C)CC1)NCCc1ccccc1F.I. The van der Waals surface area contributed by atoms with E-state index in [-0.39, 0.29) is 29.8 Å². The van der Waals surface area contributed by atoms with Gasteiger partial charge in [-0.15, -0.1) is 24.0 Å². The van der Waals surface area contributed by atoms with E-state index >= 15 is 0 Å². The normalized spacial score (nSPS) is 16.0. The molecule has 1 aliphatic rings. The Bertz CT molecular complexity index is 547. The van der Waals surface area contributed by atoms with Crippen LogP contribution in [0.5, 0.6) is 0 Å². The van der Waals surface area contributed by atoms with Crippen molar-refractivity contribution >= 4 is 29.9 Å². The Morgan fingerprint density at radius 3 is 2.56 bits per heavy atom. The van der Waals surface area contributed by atoms with Gasteiger partial charge < -0.3 is 20.4 Å². The van der Waals surface area contributed by atoms with Crippen LogP contribution in [0.25, 0.3) is 0 Å². The van der Waals surface area contributed by atoms with Crippen LogP contribution < -0.4 is 10.6 Å². The molecule has 27 heavy (non-hydrogen) atoms. The summed E-state index contributed by atoms with van der Waals surface area (Å²) in [6, 6.07) is 6.94. The number of nitrogens with zero attached hydrogens (tertiary/aromatic N) is 3. The topological polar surface area (TPSA) is 42.9 Å². The quantitative estimate of drug-likeness (QED) is 0.241. The number of benzene rings is 1. The van der Waals surface area contributed by atoms with Crippen LogP contribution >= 0.6 is 24.0 Å². The number of piperazine rings is 1. The number of rotatable bonds is 9. The highest BCUT2D eigenvalue weighted by atomic mass is 127. The van der Waals surface area contributed by atoms with Gasteiger partial charge in [-0.25, -0.2) is 4.39 Å². The predicted octanol–water partition coefficient (Wildman–Crippen LogP) is 2.57. The standard InChI is InChI=1S/C20H34FN5.HI/c1-3-22-20(24-12-10-18-8-4-5-9-19(18)21)23-11-6-7-13-26-16-14-25(2)15-17-26;/h4-5,8-9H,3,6-7,10-17H2,1-2H3,(H2,22,23,24);1H. The Morgan fingerprint density at radius 1 is 1.11 bits per heavy atom. The van der Waals surface area contributed by atoms with E-state index in [0.717, 1.165) is 31.0 Å². The third kappa shape index (κ3) is 9.71. The Kier molecular flexibility index (Phi) is 12.6. The molecule has 1 aromatic rings. The zero-order valence-electron chi connectivity index (χ0n) is 16.7. The van der Waals surface area contributed by atoms with Crippen LogP contribution in [0.4, 0.5) is 4.39 Å². The Hall–Kier alpha value is -0.930. The van der Waals surface area contributed by atoms with Crippen molar-refractivity contribution in [2.45, 2.75) is 26.2 Å². The minimum Gasteiger partial charge on any atom is -0.357 e. The molecule has 154 valence electrons. The fourth-order valence-electron chi connectivity index (χ4n) is 3.07. The van der Waals surface area contributed by atoms with Crippen molar-refractivity contribution in [3.8, 4) is 0 Å². The molecule has 5 nitrogen and oxygen atoms in total. The van der Waals surface area contributed by atoms with Crippen molar-refractivity contribution in [3.05, 3.63) is 35.6 Å². The van der Waals surface area contributed by atoms with E-state index in [1.165, 1.54) is 45.2 Å². The molecular formula is C20H35FIN5. The third-order valence-corrected chi connectivity index (χ3v) is 4.74. The van der Waals surface area contributed by atoms with Crippen LogP contribution in [0, 0.1) is 5.82 Å². The lowest BCUT2D eigenvalue weighted by molar-refractivity contribution is 0.152. The van der Waals surface area contributed by atoms with Gasteiger partial charge in [0.15, 0.2) is 5.96 Å². The van der Waals surface area contributed by atoms with Crippen LogP contribution in [0.2, 0.25) is 0 Å². The molecule has 1 aliphatic heterocycles. The first kappa shape index (κ1) is 24.1. The first-order valence-electron chi connectivity index (χ1n) is 9.85. The second-order valence-electron chi connectivity index (χ2n) is 6.88. The largest absolute Gasteiger partial charge is 0.357 e. The summed E-state index contributed by atoms with van der Waals surface area (Å²) in [5.41, 5.74) is 0.739. The van der Waals surface area contributed by atoms with Crippen LogP contribution in [0.1, 0.15) is 25.3 Å². The molecule has 2 rings (SSSR count). The Balaban J connectivity index is 0.00000364. The maximum absolute atomic E-state index is 13.6. The number of hydrogen-bond donors (Lipinski definition) is 2. The molecule has 0 saturated carbocycles. The van der Waals surface area contributed by atoms with E-state index < -0.39 is 0 Å². The molecule has 0 aromatic heterocycles. The van der Waals surface area contributed by atoms with E-state index in [0.29, 0.717) is 13.0 Å². The molecule has 1 fully saturated rings. The summed E-state index contributed by atoms with van der Waals surface area (Å²) in [4.78, 5) is 9.56. The molecule has 0 aliphatic carbocycles. The van der Waals surface area contributed by atoms with Crippen molar-refractivity contribution in [1.29, 1.82) is 0 Å². The van der Waals surface area contributed by atoms with E-state index in [4.69, 9.17) is 0 Å². The van der Waals surface area contributed by atoms with Crippen molar-refractivity contribution in [2.24, 2.45) is 4.99 Å². The van der Waals surface area contributed by atoms with Crippen molar-refractivity contribution < 1.29 is 4.39 Å². The molecule has 0 amide bonds. The van der Waals surface area contributed by atoms with Gasteiger partial charge in [-0.1, -0.05) is 18.2 Å². The number of likely N-dealkylation sites (N-methyl/N-ethyl adjacent to an activating group) is 1. The fourth-order valence-corrected chi connectivity index (χ4v) is 3.07. The summed E-state index contributed by atoms with van der Waals surface area (Å²) >= 11 is 0. The number of guanidine groups is 1. The second-order valence-corrected chi connectivity index (χ2v) is 6.88. The van der Waals surface area contributed by atoms with Crippen LogP contribution in [0.15, 0.2) is 29.3 Å². The first-order chi connectivity index (χ1) is 12.7. The van der Waals surface area contributed by atoms with Gasteiger partial charge in [0, 0.05) is 45.8 Å². The Labute approximate surface area is 180 Å². The van der Waals surface area contributed by atoms with E-state index in [1.54, 1.807) is 6.07 Å². The molecule has 1 saturated heterocycles. The smallest absolute Gasteiger partial charge is 0.191 e. The average molecular weight is 491 g/mol. The molecule has 1 heterocycles. The van der Waals surface area contributed by atoms with E-state index in [1.807, 2.05) is 12.1 Å². The lowest BCUT2D eigenvalue weighted by atomic mass is 10.1. The number of aliphatic imine (C=N–C) groups is 1. The van der Waals surface area contributed by atoms with Crippen molar-refractivity contribution in [1.82, 2.24) is 20.4 Å².